The first-order valence-corrected chi connectivity index (χ1v) is 7.83. The number of carbonyl (C=O) groups excluding carboxylic acids is 1. The maximum atomic E-state index is 12.4. The lowest BCUT2D eigenvalue weighted by molar-refractivity contribution is 0.0920. The summed E-state index contributed by atoms with van der Waals surface area (Å²) >= 11 is 0. The van der Waals surface area contributed by atoms with Crippen LogP contribution in [0.3, 0.4) is 0 Å². The molecule has 0 saturated heterocycles. The van der Waals surface area contributed by atoms with Crippen molar-refractivity contribution in [3.8, 4) is 0 Å². The van der Waals surface area contributed by atoms with Crippen LogP contribution in [0.2, 0.25) is 0 Å². The summed E-state index contributed by atoms with van der Waals surface area (Å²) in [6.45, 7) is 2.83. The number of hydrogen-bond donors (Lipinski definition) is 2. The molecule has 2 rings (SSSR count). The lowest BCUT2D eigenvalue weighted by Crippen LogP contribution is -2.38. The van der Waals surface area contributed by atoms with E-state index in [1.807, 2.05) is 24.3 Å². The van der Waals surface area contributed by atoms with Crippen LogP contribution in [0.4, 0.5) is 0 Å². The molecule has 1 aromatic carbocycles. The molecule has 1 aromatic rings. The third-order valence-corrected chi connectivity index (χ3v) is 4.43. The van der Waals surface area contributed by atoms with E-state index < -0.39 is 0 Å². The fourth-order valence-corrected chi connectivity index (χ4v) is 3.09. The normalized spacial score (nSPS) is 22.5. The third-order valence-electron chi connectivity index (χ3n) is 4.43. The minimum Gasteiger partial charge on any atom is -0.349 e. The highest BCUT2D eigenvalue weighted by atomic mass is 16.1. The minimum absolute atomic E-state index is 0.0639. The summed E-state index contributed by atoms with van der Waals surface area (Å²) in [5, 5.41) is 3.20. The Bertz CT molecular complexity index is 436. The number of benzene rings is 1. The van der Waals surface area contributed by atoms with Gasteiger partial charge in [0, 0.05) is 11.6 Å². The van der Waals surface area contributed by atoms with Gasteiger partial charge in [0.1, 0.15) is 0 Å². The van der Waals surface area contributed by atoms with Crippen LogP contribution in [0.25, 0.3) is 0 Å². The highest BCUT2D eigenvalue weighted by Crippen LogP contribution is 2.26. The SMILES string of the molecule is CCC1CCC(NC(=O)c2ccccc2CCN)CC1. The van der Waals surface area contributed by atoms with Crippen LogP contribution >= 0.6 is 0 Å². The Morgan fingerprint density at radius 2 is 1.95 bits per heavy atom. The van der Waals surface area contributed by atoms with Crippen LogP contribution < -0.4 is 11.1 Å². The van der Waals surface area contributed by atoms with Gasteiger partial charge in [-0.05, 0) is 56.2 Å². The molecule has 0 heterocycles. The van der Waals surface area contributed by atoms with Crippen LogP contribution in [0.5, 0.6) is 0 Å². The molecule has 1 saturated carbocycles. The number of amides is 1. The lowest BCUT2D eigenvalue weighted by Gasteiger charge is -2.28. The van der Waals surface area contributed by atoms with E-state index in [4.69, 9.17) is 5.73 Å². The standard InChI is InChI=1S/C17H26N2O/c1-2-13-7-9-15(10-8-13)19-17(20)16-6-4-3-5-14(16)11-12-18/h3-6,13,15H,2,7-12,18H2,1H3,(H,19,20). The Labute approximate surface area is 121 Å². The van der Waals surface area contributed by atoms with E-state index in [0.29, 0.717) is 12.6 Å². The molecule has 0 bridgehead atoms. The number of hydrogen-bond acceptors (Lipinski definition) is 2. The molecule has 0 radical (unpaired) electrons. The van der Waals surface area contributed by atoms with Gasteiger partial charge in [0.2, 0.25) is 0 Å². The Kier molecular flexibility index (Phi) is 5.60. The van der Waals surface area contributed by atoms with Gasteiger partial charge >= 0.3 is 0 Å². The van der Waals surface area contributed by atoms with Crippen LogP contribution in [-0.2, 0) is 6.42 Å². The second-order valence-electron chi connectivity index (χ2n) is 5.80. The summed E-state index contributed by atoms with van der Waals surface area (Å²) in [6, 6.07) is 8.13. The van der Waals surface area contributed by atoms with Crippen LogP contribution in [-0.4, -0.2) is 18.5 Å². The summed E-state index contributed by atoms with van der Waals surface area (Å²) in [7, 11) is 0. The van der Waals surface area contributed by atoms with Crippen molar-refractivity contribution < 1.29 is 4.79 Å². The summed E-state index contributed by atoms with van der Waals surface area (Å²) in [6.07, 6.45) is 6.73. The fourth-order valence-electron chi connectivity index (χ4n) is 3.09. The first-order chi connectivity index (χ1) is 9.74. The van der Waals surface area contributed by atoms with E-state index in [0.717, 1.165) is 36.3 Å². The molecule has 0 atom stereocenters. The van der Waals surface area contributed by atoms with Gasteiger partial charge in [0.15, 0.2) is 0 Å². The molecule has 110 valence electrons. The van der Waals surface area contributed by atoms with Crippen molar-refractivity contribution in [3.05, 3.63) is 35.4 Å². The van der Waals surface area contributed by atoms with Crippen molar-refractivity contribution in [2.45, 2.75) is 51.5 Å². The molecule has 0 aliphatic heterocycles. The summed E-state index contributed by atoms with van der Waals surface area (Å²) in [4.78, 5) is 12.4. The zero-order valence-corrected chi connectivity index (χ0v) is 12.4. The smallest absolute Gasteiger partial charge is 0.251 e. The number of rotatable bonds is 5. The van der Waals surface area contributed by atoms with Crippen molar-refractivity contribution in [1.82, 2.24) is 5.32 Å². The summed E-state index contributed by atoms with van der Waals surface area (Å²) in [5.41, 5.74) is 7.45. The molecular weight excluding hydrogens is 248 g/mol. The average molecular weight is 274 g/mol. The predicted octanol–water partition coefficient (Wildman–Crippen LogP) is 2.89. The topological polar surface area (TPSA) is 55.1 Å². The first kappa shape index (κ1) is 15.0. The van der Waals surface area contributed by atoms with Crippen LogP contribution in [0.1, 0.15) is 54.9 Å². The Hall–Kier alpha value is -1.35. The van der Waals surface area contributed by atoms with Crippen molar-refractivity contribution in [3.63, 3.8) is 0 Å². The third kappa shape index (κ3) is 3.83. The molecule has 3 heteroatoms. The largest absolute Gasteiger partial charge is 0.349 e. The van der Waals surface area contributed by atoms with Crippen molar-refractivity contribution >= 4 is 5.91 Å². The number of nitrogens with two attached hydrogens (primary N) is 1. The second-order valence-corrected chi connectivity index (χ2v) is 5.80. The maximum absolute atomic E-state index is 12.4. The Morgan fingerprint density at radius 1 is 1.25 bits per heavy atom. The van der Waals surface area contributed by atoms with Crippen molar-refractivity contribution in [2.75, 3.05) is 6.54 Å². The second kappa shape index (κ2) is 7.44. The lowest BCUT2D eigenvalue weighted by atomic mass is 9.84. The minimum atomic E-state index is 0.0639. The van der Waals surface area contributed by atoms with Crippen molar-refractivity contribution in [2.24, 2.45) is 11.7 Å². The molecule has 0 aromatic heterocycles. The molecular formula is C17H26N2O. The monoisotopic (exact) mass is 274 g/mol. The van der Waals surface area contributed by atoms with E-state index in [-0.39, 0.29) is 5.91 Å². The molecule has 1 amide bonds. The van der Waals surface area contributed by atoms with Crippen LogP contribution in [0, 0.1) is 5.92 Å². The molecule has 20 heavy (non-hydrogen) atoms. The molecule has 0 unspecified atom stereocenters. The molecule has 0 spiro atoms. The van der Waals surface area contributed by atoms with Gasteiger partial charge in [0.05, 0.1) is 0 Å². The first-order valence-electron chi connectivity index (χ1n) is 7.83. The predicted molar refractivity (Wildman–Crippen MR) is 82.7 cm³/mol. The number of nitrogens with one attached hydrogen (secondary N) is 1. The van der Waals surface area contributed by atoms with Crippen LogP contribution in [0.15, 0.2) is 24.3 Å². The summed E-state index contributed by atoms with van der Waals surface area (Å²) in [5.74, 6) is 0.918. The van der Waals surface area contributed by atoms with Crippen molar-refractivity contribution in [1.29, 1.82) is 0 Å². The van der Waals surface area contributed by atoms with Gasteiger partial charge in [-0.25, -0.2) is 0 Å². The Morgan fingerprint density at radius 3 is 2.60 bits per heavy atom. The molecule has 1 fully saturated rings. The number of carbonyl (C=O) groups is 1. The molecule has 3 nitrogen and oxygen atoms in total. The zero-order chi connectivity index (χ0) is 14.4. The van der Waals surface area contributed by atoms with Gasteiger partial charge in [-0.15, -0.1) is 0 Å². The van der Waals surface area contributed by atoms with E-state index in [1.54, 1.807) is 0 Å². The van der Waals surface area contributed by atoms with Gasteiger partial charge < -0.3 is 11.1 Å². The van der Waals surface area contributed by atoms with Gasteiger partial charge in [-0.2, -0.15) is 0 Å². The van der Waals surface area contributed by atoms with E-state index in [2.05, 4.69) is 12.2 Å². The highest BCUT2D eigenvalue weighted by Gasteiger charge is 2.22. The fraction of sp³-hybridized carbons (Fsp3) is 0.588. The Balaban J connectivity index is 1.95. The van der Waals surface area contributed by atoms with E-state index in [1.165, 1.54) is 19.3 Å². The van der Waals surface area contributed by atoms with Gasteiger partial charge in [-0.1, -0.05) is 31.5 Å². The van der Waals surface area contributed by atoms with E-state index in [9.17, 15) is 4.79 Å². The zero-order valence-electron chi connectivity index (χ0n) is 12.4. The maximum Gasteiger partial charge on any atom is 0.251 e. The van der Waals surface area contributed by atoms with E-state index >= 15 is 0 Å². The molecule has 1 aliphatic rings. The molecule has 1 aliphatic carbocycles. The highest BCUT2D eigenvalue weighted by molar-refractivity contribution is 5.95. The quantitative estimate of drug-likeness (QED) is 0.867. The van der Waals surface area contributed by atoms with Gasteiger partial charge in [0.25, 0.3) is 5.91 Å². The van der Waals surface area contributed by atoms with Gasteiger partial charge in [-0.3, -0.25) is 4.79 Å². The molecule has 3 N–H and O–H groups in total. The average Bonchev–Trinajstić information content (AvgIpc) is 2.49. The summed E-state index contributed by atoms with van der Waals surface area (Å²) < 4.78 is 0.